The fraction of sp³-hybridized carbons (Fsp3) is 0.214. The van der Waals surface area contributed by atoms with Gasteiger partial charge in [0, 0.05) is 26.3 Å². The maximum Gasteiger partial charge on any atom is 0.147 e. The van der Waals surface area contributed by atoms with Crippen molar-refractivity contribution in [1.29, 1.82) is 0 Å². The van der Waals surface area contributed by atoms with E-state index in [1.807, 2.05) is 18.0 Å². The molecule has 1 heterocycles. The van der Waals surface area contributed by atoms with E-state index in [1.54, 1.807) is 18.3 Å². The number of nitrogens with zero attached hydrogens (tertiary/aromatic N) is 2. The summed E-state index contributed by atoms with van der Waals surface area (Å²) in [5, 5.41) is 0.563. The van der Waals surface area contributed by atoms with Crippen molar-refractivity contribution in [1.82, 2.24) is 4.98 Å². The van der Waals surface area contributed by atoms with Gasteiger partial charge in [0.1, 0.15) is 11.6 Å². The Balaban J connectivity index is 2.15. The maximum absolute atomic E-state index is 12.8. The first-order valence-corrected chi connectivity index (χ1v) is 6.28. The molecular formula is C14H15ClFN3. The van der Waals surface area contributed by atoms with E-state index < -0.39 is 0 Å². The Hall–Kier alpha value is -1.65. The van der Waals surface area contributed by atoms with Crippen LogP contribution in [0, 0.1) is 5.82 Å². The first-order chi connectivity index (χ1) is 9.10. The molecule has 2 rings (SSSR count). The third kappa shape index (κ3) is 3.43. The second-order valence-electron chi connectivity index (χ2n) is 4.34. The summed E-state index contributed by atoms with van der Waals surface area (Å²) in [5.74, 6) is 0.443. The zero-order valence-electron chi connectivity index (χ0n) is 10.6. The van der Waals surface area contributed by atoms with Crippen molar-refractivity contribution in [2.24, 2.45) is 5.73 Å². The van der Waals surface area contributed by atoms with Crippen LogP contribution in [0.25, 0.3) is 0 Å². The van der Waals surface area contributed by atoms with Gasteiger partial charge in [-0.3, -0.25) is 0 Å². The van der Waals surface area contributed by atoms with Crippen molar-refractivity contribution in [3.05, 3.63) is 58.5 Å². The minimum atomic E-state index is -0.241. The van der Waals surface area contributed by atoms with Gasteiger partial charge in [-0.05, 0) is 29.3 Å². The third-order valence-corrected chi connectivity index (χ3v) is 3.09. The maximum atomic E-state index is 12.8. The normalized spacial score (nSPS) is 10.5. The van der Waals surface area contributed by atoms with Crippen LogP contribution in [0.1, 0.15) is 11.1 Å². The minimum absolute atomic E-state index is 0.241. The van der Waals surface area contributed by atoms with E-state index in [0.717, 1.165) is 11.1 Å². The van der Waals surface area contributed by atoms with Crippen molar-refractivity contribution in [2.45, 2.75) is 13.1 Å². The SMILES string of the molecule is CN(Cc1ccc(F)cc1)c1ncc(CN)cc1Cl. The van der Waals surface area contributed by atoms with Crippen LogP contribution >= 0.6 is 11.6 Å². The Kier molecular flexibility index (Phi) is 4.35. The van der Waals surface area contributed by atoms with Gasteiger partial charge in [0.2, 0.25) is 0 Å². The summed E-state index contributed by atoms with van der Waals surface area (Å²) in [4.78, 5) is 6.22. The van der Waals surface area contributed by atoms with Crippen molar-refractivity contribution >= 4 is 17.4 Å². The largest absolute Gasteiger partial charge is 0.354 e. The molecule has 0 atom stereocenters. The molecule has 3 nitrogen and oxygen atoms in total. The lowest BCUT2D eigenvalue weighted by Crippen LogP contribution is -2.18. The summed E-state index contributed by atoms with van der Waals surface area (Å²) in [6, 6.07) is 8.18. The van der Waals surface area contributed by atoms with Gasteiger partial charge in [-0.15, -0.1) is 0 Å². The number of hydrogen-bond donors (Lipinski definition) is 1. The molecule has 0 fully saturated rings. The highest BCUT2D eigenvalue weighted by molar-refractivity contribution is 6.33. The van der Waals surface area contributed by atoms with Crippen LogP contribution in [0.15, 0.2) is 36.5 Å². The highest BCUT2D eigenvalue weighted by Gasteiger charge is 2.09. The topological polar surface area (TPSA) is 42.2 Å². The fourth-order valence-electron chi connectivity index (χ4n) is 1.80. The summed E-state index contributed by atoms with van der Waals surface area (Å²) in [5.41, 5.74) is 7.42. The Labute approximate surface area is 116 Å². The molecule has 2 N–H and O–H groups in total. The Morgan fingerprint density at radius 1 is 1.26 bits per heavy atom. The molecule has 0 spiro atoms. The number of aromatic nitrogens is 1. The van der Waals surface area contributed by atoms with Gasteiger partial charge in [0.05, 0.1) is 5.02 Å². The van der Waals surface area contributed by atoms with Gasteiger partial charge in [0.15, 0.2) is 0 Å². The van der Waals surface area contributed by atoms with Crippen LogP contribution in [-0.2, 0) is 13.1 Å². The first kappa shape index (κ1) is 13.8. The van der Waals surface area contributed by atoms with E-state index in [1.165, 1.54) is 12.1 Å². The number of halogens is 2. The molecule has 19 heavy (non-hydrogen) atoms. The molecule has 0 aliphatic heterocycles. The van der Waals surface area contributed by atoms with Gasteiger partial charge in [-0.2, -0.15) is 0 Å². The number of benzene rings is 1. The first-order valence-electron chi connectivity index (χ1n) is 5.90. The summed E-state index contributed by atoms with van der Waals surface area (Å²) >= 11 is 6.17. The number of nitrogens with two attached hydrogens (primary N) is 1. The summed E-state index contributed by atoms with van der Waals surface area (Å²) in [6.45, 7) is 1.02. The lowest BCUT2D eigenvalue weighted by molar-refractivity contribution is 0.627. The van der Waals surface area contributed by atoms with E-state index in [9.17, 15) is 4.39 Å². The van der Waals surface area contributed by atoms with Crippen LogP contribution < -0.4 is 10.6 Å². The Morgan fingerprint density at radius 3 is 2.53 bits per heavy atom. The van der Waals surface area contributed by atoms with Gasteiger partial charge in [0.25, 0.3) is 0 Å². The molecule has 0 saturated heterocycles. The molecule has 0 unspecified atom stereocenters. The molecule has 2 aromatic rings. The van der Waals surface area contributed by atoms with Crippen LogP contribution in [0.5, 0.6) is 0 Å². The van der Waals surface area contributed by atoms with E-state index in [2.05, 4.69) is 4.98 Å². The number of pyridine rings is 1. The average Bonchev–Trinajstić information content (AvgIpc) is 2.41. The third-order valence-electron chi connectivity index (χ3n) is 2.81. The Bertz CT molecular complexity index is 557. The van der Waals surface area contributed by atoms with Crippen LogP contribution in [0.3, 0.4) is 0 Å². The van der Waals surface area contributed by atoms with E-state index in [0.29, 0.717) is 23.9 Å². The predicted octanol–water partition coefficient (Wildman–Crippen LogP) is 2.97. The van der Waals surface area contributed by atoms with Crippen molar-refractivity contribution in [2.75, 3.05) is 11.9 Å². The lowest BCUT2D eigenvalue weighted by Gasteiger charge is -2.19. The lowest BCUT2D eigenvalue weighted by atomic mass is 10.2. The van der Waals surface area contributed by atoms with Crippen LogP contribution in [0.2, 0.25) is 5.02 Å². The standard InChI is InChI=1S/C14H15ClFN3/c1-19(9-10-2-4-12(16)5-3-10)14-13(15)6-11(7-17)8-18-14/h2-6,8H,7,9,17H2,1H3. The number of hydrogen-bond acceptors (Lipinski definition) is 3. The highest BCUT2D eigenvalue weighted by atomic mass is 35.5. The Morgan fingerprint density at radius 2 is 1.95 bits per heavy atom. The van der Waals surface area contributed by atoms with Crippen molar-refractivity contribution in [3.8, 4) is 0 Å². The molecule has 0 bridgehead atoms. The van der Waals surface area contributed by atoms with Crippen molar-refractivity contribution < 1.29 is 4.39 Å². The van der Waals surface area contributed by atoms with Gasteiger partial charge in [-0.25, -0.2) is 9.37 Å². The molecule has 1 aromatic carbocycles. The monoisotopic (exact) mass is 279 g/mol. The van der Waals surface area contributed by atoms with Crippen LogP contribution in [0.4, 0.5) is 10.2 Å². The summed E-state index contributed by atoms with van der Waals surface area (Å²) in [6.07, 6.45) is 1.71. The molecule has 5 heteroatoms. The minimum Gasteiger partial charge on any atom is -0.354 e. The molecule has 0 aliphatic rings. The second-order valence-corrected chi connectivity index (χ2v) is 4.74. The second kappa shape index (κ2) is 5.99. The van der Waals surface area contributed by atoms with Crippen molar-refractivity contribution in [3.63, 3.8) is 0 Å². The number of anilines is 1. The van der Waals surface area contributed by atoms with Gasteiger partial charge >= 0.3 is 0 Å². The molecule has 0 amide bonds. The van der Waals surface area contributed by atoms with Gasteiger partial charge < -0.3 is 10.6 Å². The number of rotatable bonds is 4. The molecule has 100 valence electrons. The van der Waals surface area contributed by atoms with E-state index in [4.69, 9.17) is 17.3 Å². The average molecular weight is 280 g/mol. The van der Waals surface area contributed by atoms with E-state index >= 15 is 0 Å². The van der Waals surface area contributed by atoms with Crippen LogP contribution in [-0.4, -0.2) is 12.0 Å². The zero-order valence-corrected chi connectivity index (χ0v) is 11.4. The zero-order chi connectivity index (χ0) is 13.8. The molecular weight excluding hydrogens is 265 g/mol. The quantitative estimate of drug-likeness (QED) is 0.936. The van der Waals surface area contributed by atoms with E-state index in [-0.39, 0.29) is 5.82 Å². The fourth-order valence-corrected chi connectivity index (χ4v) is 2.13. The highest BCUT2D eigenvalue weighted by Crippen LogP contribution is 2.24. The molecule has 0 saturated carbocycles. The smallest absolute Gasteiger partial charge is 0.147 e. The molecule has 0 aliphatic carbocycles. The predicted molar refractivity (Wildman–Crippen MR) is 75.6 cm³/mol. The molecule has 1 aromatic heterocycles. The summed E-state index contributed by atoms with van der Waals surface area (Å²) < 4.78 is 12.8. The van der Waals surface area contributed by atoms with Gasteiger partial charge in [-0.1, -0.05) is 23.7 Å². The molecule has 0 radical (unpaired) electrons. The summed E-state index contributed by atoms with van der Waals surface area (Å²) in [7, 11) is 1.89.